The van der Waals surface area contributed by atoms with Crippen LogP contribution in [-0.4, -0.2) is 8.42 Å². The lowest BCUT2D eigenvalue weighted by Gasteiger charge is -2.08. The van der Waals surface area contributed by atoms with Gasteiger partial charge in [-0.25, -0.2) is 13.6 Å². The van der Waals surface area contributed by atoms with E-state index in [9.17, 15) is 8.42 Å². The second-order valence-corrected chi connectivity index (χ2v) is 6.47. The zero-order valence-corrected chi connectivity index (χ0v) is 9.45. The molecule has 0 aromatic carbocycles. The van der Waals surface area contributed by atoms with Crippen molar-refractivity contribution in [2.75, 3.05) is 0 Å². The van der Waals surface area contributed by atoms with E-state index in [0.717, 1.165) is 11.3 Å². The Hall–Kier alpha value is -0.460. The van der Waals surface area contributed by atoms with Crippen LogP contribution < -0.4 is 9.71 Å². The molecule has 1 rings (SSSR count). The molecule has 0 saturated carbocycles. The van der Waals surface area contributed by atoms with Crippen molar-refractivity contribution >= 4 is 21.4 Å². The molecule has 6 heteroatoms. The van der Waals surface area contributed by atoms with Gasteiger partial charge in [0, 0.05) is 20.8 Å². The third kappa shape index (κ3) is 2.49. The first kappa shape index (κ1) is 10.6. The molecule has 0 atom stereocenters. The molecule has 0 saturated heterocycles. The molecule has 1 aromatic heterocycles. The van der Waals surface area contributed by atoms with Crippen LogP contribution in [0.15, 0.2) is 15.9 Å². The zero-order valence-electron chi connectivity index (χ0n) is 7.81. The summed E-state index contributed by atoms with van der Waals surface area (Å²) in [7, 11) is -3.54. The topological polar surface area (TPSA) is 64.0 Å². The molecule has 0 bridgehead atoms. The minimum atomic E-state index is -3.54. The molecule has 0 aliphatic carbocycles. The van der Waals surface area contributed by atoms with E-state index in [1.165, 1.54) is 0 Å². The first-order chi connectivity index (χ1) is 5.71. The Kier molecular flexibility index (Phi) is 2.48. The van der Waals surface area contributed by atoms with Crippen molar-refractivity contribution in [2.45, 2.75) is 30.5 Å². The maximum atomic E-state index is 10.9. The third-order valence-corrected chi connectivity index (χ3v) is 3.90. The molecule has 74 valence electrons. The minimum absolute atomic E-state index is 0.112. The molecule has 13 heavy (non-hydrogen) atoms. The quantitative estimate of drug-likeness (QED) is 0.699. The van der Waals surface area contributed by atoms with Crippen molar-refractivity contribution in [1.29, 1.82) is 0 Å². The van der Waals surface area contributed by atoms with Gasteiger partial charge in [-0.3, -0.25) is 0 Å². The fourth-order valence-electron chi connectivity index (χ4n) is 0.775. The zero-order chi connectivity index (χ0) is 10.3. The average Bonchev–Trinajstić information content (AvgIpc) is 2.28. The van der Waals surface area contributed by atoms with E-state index < -0.39 is 10.0 Å². The molecule has 0 spiro atoms. The van der Waals surface area contributed by atoms with Crippen LogP contribution in [-0.2, 0) is 15.6 Å². The van der Waals surface area contributed by atoms with E-state index in [4.69, 9.17) is 5.14 Å². The number of nitrogens with two attached hydrogens (primary N) is 1. The molecule has 0 aliphatic heterocycles. The fraction of sp³-hybridized carbons (Fsp3) is 0.571. The Labute approximate surface area is 82.1 Å². The smallest absolute Gasteiger partial charge is 0.224 e. The van der Waals surface area contributed by atoms with Crippen molar-refractivity contribution in [1.82, 2.24) is 0 Å². The predicted octanol–water partition coefficient (Wildman–Crippen LogP) is 0.438. The lowest BCUT2D eigenvalue weighted by molar-refractivity contribution is -0.750. The summed E-state index contributed by atoms with van der Waals surface area (Å²) in [5.41, 5.74) is 1.64. The van der Waals surface area contributed by atoms with Gasteiger partial charge in [-0.2, -0.15) is 4.57 Å². The Balaban J connectivity index is 3.16. The largest absolute Gasteiger partial charge is 0.253 e. The van der Waals surface area contributed by atoms with Gasteiger partial charge in [0.2, 0.25) is 15.9 Å². The maximum absolute atomic E-state index is 10.9. The fourth-order valence-corrected chi connectivity index (χ4v) is 2.47. The first-order valence-corrected chi connectivity index (χ1v) is 6.17. The maximum Gasteiger partial charge on any atom is 0.253 e. The molecule has 0 radical (unpaired) electrons. The van der Waals surface area contributed by atoms with E-state index >= 15 is 0 Å². The number of hydrogen-bond donors (Lipinski definition) is 1. The number of nitrogens with zero attached hydrogens (tertiary/aromatic N) is 1. The Morgan fingerprint density at radius 1 is 1.46 bits per heavy atom. The van der Waals surface area contributed by atoms with Crippen molar-refractivity contribution < 1.29 is 13.0 Å². The standard InChI is InChI=1S/C7H13N2O2S2/c1-7(2,3)9-4-6(12-5-9)13(8,10)11/h4-5H,1-3H3,(H2,8,10,11)/q+1. The van der Waals surface area contributed by atoms with Gasteiger partial charge in [0.1, 0.15) is 0 Å². The van der Waals surface area contributed by atoms with Crippen molar-refractivity contribution in [3.05, 3.63) is 11.7 Å². The van der Waals surface area contributed by atoms with Crippen molar-refractivity contribution in [2.24, 2.45) is 5.14 Å². The van der Waals surface area contributed by atoms with Crippen LogP contribution in [0.25, 0.3) is 0 Å². The summed E-state index contributed by atoms with van der Waals surface area (Å²) < 4.78 is 23.9. The van der Waals surface area contributed by atoms with Gasteiger partial charge < -0.3 is 0 Å². The monoisotopic (exact) mass is 221 g/mol. The van der Waals surface area contributed by atoms with Crippen LogP contribution in [0, 0.1) is 0 Å². The highest BCUT2D eigenvalue weighted by atomic mass is 32.2. The second kappa shape index (κ2) is 3.04. The molecule has 2 N–H and O–H groups in total. The van der Waals surface area contributed by atoms with Gasteiger partial charge in [-0.1, -0.05) is 11.3 Å². The normalized spacial score (nSPS) is 13.2. The third-order valence-electron chi connectivity index (χ3n) is 1.58. The second-order valence-electron chi connectivity index (χ2n) is 3.79. The highest BCUT2D eigenvalue weighted by Gasteiger charge is 2.25. The summed E-state index contributed by atoms with van der Waals surface area (Å²) in [5.74, 6) is 0. The summed E-state index contributed by atoms with van der Waals surface area (Å²) in [6, 6.07) is 0. The lowest BCUT2D eigenvalue weighted by atomic mass is 10.1. The van der Waals surface area contributed by atoms with E-state index in [2.05, 4.69) is 0 Å². The van der Waals surface area contributed by atoms with Crippen LogP contribution in [0.3, 0.4) is 0 Å². The van der Waals surface area contributed by atoms with Gasteiger partial charge in [-0.15, -0.1) is 0 Å². The Bertz CT molecular complexity index is 400. The average molecular weight is 221 g/mol. The first-order valence-electron chi connectivity index (χ1n) is 3.74. The summed E-state index contributed by atoms with van der Waals surface area (Å²) >= 11 is 1.13. The summed E-state index contributed by atoms with van der Waals surface area (Å²) in [6.45, 7) is 5.98. The molecule has 0 unspecified atom stereocenters. The highest BCUT2D eigenvalue weighted by molar-refractivity contribution is 7.91. The molecular formula is C7H13N2O2S2+. The van der Waals surface area contributed by atoms with E-state index in [1.54, 1.807) is 11.7 Å². The van der Waals surface area contributed by atoms with E-state index in [-0.39, 0.29) is 9.75 Å². The van der Waals surface area contributed by atoms with Crippen LogP contribution in [0.5, 0.6) is 0 Å². The summed E-state index contributed by atoms with van der Waals surface area (Å²) in [6.07, 6.45) is 1.56. The van der Waals surface area contributed by atoms with Crippen LogP contribution in [0.1, 0.15) is 20.8 Å². The van der Waals surface area contributed by atoms with Gasteiger partial charge in [0.25, 0.3) is 10.0 Å². The van der Waals surface area contributed by atoms with Crippen molar-refractivity contribution in [3.63, 3.8) is 0 Å². The van der Waals surface area contributed by atoms with Crippen LogP contribution in [0.2, 0.25) is 0 Å². The molecule has 4 nitrogen and oxygen atoms in total. The lowest BCUT2D eigenvalue weighted by Crippen LogP contribution is -2.48. The molecule has 1 aromatic rings. The number of primary sulfonamides is 1. The number of hydrogen-bond acceptors (Lipinski definition) is 3. The number of thiazole rings is 1. The van der Waals surface area contributed by atoms with Crippen LogP contribution in [0.4, 0.5) is 0 Å². The molecule has 0 aliphatic rings. The Morgan fingerprint density at radius 2 is 2.00 bits per heavy atom. The number of rotatable bonds is 1. The van der Waals surface area contributed by atoms with Crippen LogP contribution >= 0.6 is 11.3 Å². The molecule has 0 fully saturated rings. The van der Waals surface area contributed by atoms with Gasteiger partial charge >= 0.3 is 0 Å². The molecular weight excluding hydrogens is 208 g/mol. The number of sulfonamides is 1. The van der Waals surface area contributed by atoms with Crippen molar-refractivity contribution in [3.8, 4) is 0 Å². The van der Waals surface area contributed by atoms with E-state index in [0.29, 0.717) is 0 Å². The van der Waals surface area contributed by atoms with Gasteiger partial charge in [0.05, 0.1) is 0 Å². The Morgan fingerprint density at radius 3 is 2.23 bits per heavy atom. The summed E-state index contributed by atoms with van der Waals surface area (Å²) in [5, 5.41) is 4.98. The number of aromatic nitrogens is 1. The predicted molar refractivity (Wildman–Crippen MR) is 50.9 cm³/mol. The molecule has 0 amide bonds. The van der Waals surface area contributed by atoms with E-state index in [1.807, 2.05) is 25.3 Å². The summed E-state index contributed by atoms with van der Waals surface area (Å²) in [4.78, 5) is 0. The minimum Gasteiger partial charge on any atom is -0.224 e. The highest BCUT2D eigenvalue weighted by Crippen LogP contribution is 2.13. The SMILES string of the molecule is CC(C)(C)[n+]1csc(S(N)(=O)=O)c1. The molecule has 1 heterocycles. The van der Waals surface area contributed by atoms with Gasteiger partial charge in [-0.05, 0) is 0 Å². The van der Waals surface area contributed by atoms with Gasteiger partial charge in [0.15, 0.2) is 5.54 Å².